The monoisotopic (exact) mass is 441 g/mol. The van der Waals surface area contributed by atoms with Crippen LogP contribution in [0, 0.1) is 6.92 Å². The van der Waals surface area contributed by atoms with Gasteiger partial charge in [-0.25, -0.2) is 9.69 Å². The lowest BCUT2D eigenvalue weighted by atomic mass is 10.1. The number of hydrogen-bond donors (Lipinski definition) is 2. The number of ether oxygens (including phenoxy) is 1. The predicted octanol–water partition coefficient (Wildman–Crippen LogP) is 4.36. The second-order valence-corrected chi connectivity index (χ2v) is 7.73. The van der Waals surface area contributed by atoms with Crippen molar-refractivity contribution >= 4 is 41.2 Å². The van der Waals surface area contributed by atoms with Gasteiger partial charge in [0.2, 0.25) is 5.91 Å². The number of nitrogens with one attached hydrogen (secondary N) is 2. The summed E-state index contributed by atoms with van der Waals surface area (Å²) >= 11 is 6.28. The molecule has 4 amide bonds. The topological polar surface area (TPSA) is 87.7 Å². The van der Waals surface area contributed by atoms with Gasteiger partial charge in [-0.2, -0.15) is 0 Å². The zero-order valence-corrected chi connectivity index (χ0v) is 18.3. The Hall–Kier alpha value is -3.32. The molecule has 2 N–H and O–H groups in total. The third-order valence-electron chi connectivity index (χ3n) is 4.77. The van der Waals surface area contributed by atoms with E-state index in [2.05, 4.69) is 10.6 Å². The molecular weight excluding hydrogens is 418 g/mol. The minimum atomic E-state index is -0.655. The summed E-state index contributed by atoms with van der Waals surface area (Å²) in [6, 6.07) is 11.7. The minimum absolute atomic E-state index is 0.0250. The first-order valence-electron chi connectivity index (χ1n) is 9.94. The Labute approximate surface area is 186 Å². The molecule has 2 aromatic carbocycles. The van der Waals surface area contributed by atoms with E-state index >= 15 is 0 Å². The van der Waals surface area contributed by atoms with Gasteiger partial charge in [-0.05, 0) is 56.2 Å². The number of urea groups is 1. The predicted molar refractivity (Wildman–Crippen MR) is 120 cm³/mol. The summed E-state index contributed by atoms with van der Waals surface area (Å²) < 4.78 is 5.73. The molecule has 7 nitrogen and oxygen atoms in total. The molecule has 0 bridgehead atoms. The average Bonchev–Trinajstić information content (AvgIpc) is 2.99. The highest BCUT2D eigenvalue weighted by atomic mass is 35.5. The summed E-state index contributed by atoms with van der Waals surface area (Å²) in [5.74, 6) is -0.502. The molecule has 0 radical (unpaired) electrons. The summed E-state index contributed by atoms with van der Waals surface area (Å²) in [5.41, 5.74) is 2.34. The van der Waals surface area contributed by atoms with Crippen molar-refractivity contribution in [3.05, 3.63) is 64.3 Å². The fourth-order valence-corrected chi connectivity index (χ4v) is 3.10. The number of imide groups is 1. The molecule has 0 saturated carbocycles. The number of amides is 4. The Kier molecular flexibility index (Phi) is 6.97. The smallest absolute Gasteiger partial charge is 0.329 e. The van der Waals surface area contributed by atoms with Crippen LogP contribution in [0.15, 0.2) is 48.2 Å². The van der Waals surface area contributed by atoms with Gasteiger partial charge in [0.05, 0.1) is 11.1 Å². The Balaban J connectivity index is 1.67. The quantitative estimate of drug-likeness (QED) is 0.493. The lowest BCUT2D eigenvalue weighted by Crippen LogP contribution is -2.38. The van der Waals surface area contributed by atoms with Gasteiger partial charge in [-0.3, -0.25) is 9.59 Å². The van der Waals surface area contributed by atoms with Crippen molar-refractivity contribution in [3.8, 4) is 5.75 Å². The molecular formula is C23H24ClN3O4. The van der Waals surface area contributed by atoms with Crippen molar-refractivity contribution in [3.63, 3.8) is 0 Å². The average molecular weight is 442 g/mol. The van der Waals surface area contributed by atoms with E-state index in [1.54, 1.807) is 30.3 Å². The van der Waals surface area contributed by atoms with E-state index in [1.165, 1.54) is 6.08 Å². The largest absolute Gasteiger partial charge is 0.489 e. The fourth-order valence-electron chi connectivity index (χ4n) is 2.87. The Morgan fingerprint density at radius 3 is 2.58 bits per heavy atom. The first-order chi connectivity index (χ1) is 14.8. The molecule has 2 aromatic rings. The number of benzene rings is 2. The maximum absolute atomic E-state index is 12.6. The molecule has 31 heavy (non-hydrogen) atoms. The van der Waals surface area contributed by atoms with E-state index in [1.807, 2.05) is 32.9 Å². The molecule has 1 atom stereocenters. The van der Waals surface area contributed by atoms with Crippen LogP contribution in [0.5, 0.6) is 5.75 Å². The zero-order valence-electron chi connectivity index (χ0n) is 17.6. The molecule has 3 rings (SSSR count). The molecule has 1 aliphatic heterocycles. The molecule has 0 unspecified atom stereocenters. The highest BCUT2D eigenvalue weighted by molar-refractivity contribution is 6.32. The maximum Gasteiger partial charge on any atom is 0.329 e. The third kappa shape index (κ3) is 5.64. The van der Waals surface area contributed by atoms with Crippen molar-refractivity contribution in [1.82, 2.24) is 10.2 Å². The highest BCUT2D eigenvalue weighted by Gasteiger charge is 2.34. The summed E-state index contributed by atoms with van der Waals surface area (Å²) in [7, 11) is 0. The number of aryl methyl sites for hydroxylation is 1. The fraction of sp³-hybridized carbons (Fsp3) is 0.261. The number of nitrogens with zero attached hydrogens (tertiary/aromatic N) is 1. The van der Waals surface area contributed by atoms with Crippen LogP contribution < -0.4 is 15.4 Å². The van der Waals surface area contributed by atoms with Gasteiger partial charge in [0.1, 0.15) is 18.0 Å². The minimum Gasteiger partial charge on any atom is -0.489 e. The molecule has 0 aromatic heterocycles. The number of halogens is 1. The van der Waals surface area contributed by atoms with Gasteiger partial charge in [-0.1, -0.05) is 42.3 Å². The van der Waals surface area contributed by atoms with Gasteiger partial charge in [0, 0.05) is 5.69 Å². The first-order valence-corrected chi connectivity index (χ1v) is 10.3. The van der Waals surface area contributed by atoms with Crippen LogP contribution >= 0.6 is 11.6 Å². The number of anilines is 1. The number of carbonyl (C=O) groups excluding carboxylic acids is 3. The molecule has 162 valence electrons. The number of rotatable bonds is 7. The Morgan fingerprint density at radius 2 is 1.94 bits per heavy atom. The molecule has 0 spiro atoms. The van der Waals surface area contributed by atoms with Crippen LogP contribution in [-0.2, 0) is 9.59 Å². The summed E-state index contributed by atoms with van der Waals surface area (Å²) in [4.78, 5) is 38.0. The molecule has 8 heteroatoms. The highest BCUT2D eigenvalue weighted by Crippen LogP contribution is 2.28. The lowest BCUT2D eigenvalue weighted by molar-refractivity contribution is -0.127. The standard InChI is InChI=1S/C23H24ClN3O4/c1-4-15(3)31-20-10-7-16(11-18(20)24)12-19-22(29)27(23(30)26-19)13-21(28)25-17-8-5-14(2)6-9-17/h5-12,15H,4,13H2,1-3H3,(H,25,28)(H,26,30)/b19-12-/t15-/m0/s1. The maximum atomic E-state index is 12.6. The van der Waals surface area contributed by atoms with Crippen LogP contribution in [0.4, 0.5) is 10.5 Å². The number of carbonyl (C=O) groups is 3. The van der Waals surface area contributed by atoms with E-state index in [0.717, 1.165) is 16.9 Å². The van der Waals surface area contributed by atoms with Crippen LogP contribution in [0.2, 0.25) is 5.02 Å². The molecule has 1 saturated heterocycles. The van der Waals surface area contributed by atoms with Crippen molar-refractivity contribution < 1.29 is 19.1 Å². The van der Waals surface area contributed by atoms with Gasteiger partial charge in [-0.15, -0.1) is 0 Å². The molecule has 1 fully saturated rings. The first kappa shape index (κ1) is 22.4. The lowest BCUT2D eigenvalue weighted by Gasteiger charge is -2.14. The summed E-state index contributed by atoms with van der Waals surface area (Å²) in [6.45, 7) is 5.51. The van der Waals surface area contributed by atoms with Crippen LogP contribution in [0.3, 0.4) is 0 Å². The van der Waals surface area contributed by atoms with Crippen LogP contribution in [-0.4, -0.2) is 35.4 Å². The van der Waals surface area contributed by atoms with E-state index in [-0.39, 0.29) is 11.8 Å². The van der Waals surface area contributed by atoms with E-state index in [4.69, 9.17) is 16.3 Å². The van der Waals surface area contributed by atoms with Crippen molar-refractivity contribution in [2.75, 3.05) is 11.9 Å². The van der Waals surface area contributed by atoms with Crippen LogP contribution in [0.1, 0.15) is 31.4 Å². The van der Waals surface area contributed by atoms with Crippen molar-refractivity contribution in [2.24, 2.45) is 0 Å². The normalized spacial score (nSPS) is 15.7. The SMILES string of the molecule is CC[C@H](C)Oc1ccc(/C=C2\NC(=O)N(CC(=O)Nc3ccc(C)cc3)C2=O)cc1Cl. The van der Waals surface area contributed by atoms with E-state index in [0.29, 0.717) is 22.0 Å². The molecule has 1 heterocycles. The number of hydrogen-bond acceptors (Lipinski definition) is 4. The summed E-state index contributed by atoms with van der Waals surface area (Å²) in [6.07, 6.45) is 2.38. The molecule has 1 aliphatic rings. The van der Waals surface area contributed by atoms with Gasteiger partial charge in [0.15, 0.2) is 0 Å². The van der Waals surface area contributed by atoms with Crippen LogP contribution in [0.25, 0.3) is 6.08 Å². The van der Waals surface area contributed by atoms with Gasteiger partial charge in [0.25, 0.3) is 5.91 Å². The summed E-state index contributed by atoms with van der Waals surface area (Å²) in [5, 5.41) is 5.57. The molecule has 0 aliphatic carbocycles. The van der Waals surface area contributed by atoms with Gasteiger partial charge >= 0.3 is 6.03 Å². The van der Waals surface area contributed by atoms with Gasteiger partial charge < -0.3 is 15.4 Å². The zero-order chi connectivity index (χ0) is 22.5. The van der Waals surface area contributed by atoms with Crippen molar-refractivity contribution in [2.45, 2.75) is 33.3 Å². The Morgan fingerprint density at radius 1 is 1.23 bits per heavy atom. The van der Waals surface area contributed by atoms with E-state index in [9.17, 15) is 14.4 Å². The van der Waals surface area contributed by atoms with Crippen molar-refractivity contribution in [1.29, 1.82) is 0 Å². The second kappa shape index (κ2) is 9.66. The third-order valence-corrected chi connectivity index (χ3v) is 5.06. The van der Waals surface area contributed by atoms with E-state index < -0.39 is 24.4 Å². The Bertz CT molecular complexity index is 1030. The second-order valence-electron chi connectivity index (χ2n) is 7.32.